The standard InChI is InChI=1S/C13H20N2O2/c1-10(2)17-9-11-5-7-12(8-6-11)13(16)14-15(3)4/h5-8,10H,9H2,1-4H3,(H,14,16). The lowest BCUT2D eigenvalue weighted by atomic mass is 10.1. The highest BCUT2D eigenvalue weighted by Crippen LogP contribution is 2.07. The van der Waals surface area contributed by atoms with E-state index in [1.807, 2.05) is 26.0 Å². The van der Waals surface area contributed by atoms with Crippen molar-refractivity contribution in [3.05, 3.63) is 35.4 Å². The summed E-state index contributed by atoms with van der Waals surface area (Å²) in [6.45, 7) is 4.57. The fourth-order valence-corrected chi connectivity index (χ4v) is 1.28. The molecule has 4 nitrogen and oxygen atoms in total. The second-order valence-electron chi connectivity index (χ2n) is 4.39. The first kappa shape index (κ1) is 13.7. The van der Waals surface area contributed by atoms with Crippen molar-refractivity contribution in [1.82, 2.24) is 10.4 Å². The Balaban J connectivity index is 2.58. The maximum Gasteiger partial charge on any atom is 0.265 e. The smallest absolute Gasteiger partial charge is 0.265 e. The van der Waals surface area contributed by atoms with Gasteiger partial charge in [0.05, 0.1) is 12.7 Å². The van der Waals surface area contributed by atoms with Crippen molar-refractivity contribution in [2.45, 2.75) is 26.6 Å². The highest BCUT2D eigenvalue weighted by molar-refractivity contribution is 5.93. The Labute approximate surface area is 103 Å². The van der Waals surface area contributed by atoms with Crippen LogP contribution in [0.1, 0.15) is 29.8 Å². The third-order valence-electron chi connectivity index (χ3n) is 2.12. The molecular formula is C13H20N2O2. The van der Waals surface area contributed by atoms with E-state index in [9.17, 15) is 4.79 Å². The van der Waals surface area contributed by atoms with Gasteiger partial charge in [-0.25, -0.2) is 5.01 Å². The van der Waals surface area contributed by atoms with E-state index in [-0.39, 0.29) is 12.0 Å². The molecule has 1 aromatic carbocycles. The fraction of sp³-hybridized carbons (Fsp3) is 0.462. The molecule has 0 saturated carbocycles. The molecular weight excluding hydrogens is 216 g/mol. The molecule has 1 aromatic rings. The Morgan fingerprint density at radius 1 is 1.29 bits per heavy atom. The lowest BCUT2D eigenvalue weighted by molar-refractivity contribution is 0.0656. The zero-order valence-electron chi connectivity index (χ0n) is 10.9. The third kappa shape index (κ3) is 4.97. The fourth-order valence-electron chi connectivity index (χ4n) is 1.28. The van der Waals surface area contributed by atoms with Crippen LogP contribution in [0.15, 0.2) is 24.3 Å². The molecule has 0 aliphatic rings. The van der Waals surface area contributed by atoms with Crippen LogP contribution in [0.3, 0.4) is 0 Å². The number of rotatable bonds is 5. The van der Waals surface area contributed by atoms with Crippen molar-refractivity contribution < 1.29 is 9.53 Å². The van der Waals surface area contributed by atoms with Gasteiger partial charge in [-0.1, -0.05) is 12.1 Å². The van der Waals surface area contributed by atoms with Gasteiger partial charge >= 0.3 is 0 Å². The zero-order chi connectivity index (χ0) is 12.8. The van der Waals surface area contributed by atoms with Crippen LogP contribution in [-0.4, -0.2) is 31.1 Å². The Morgan fingerprint density at radius 3 is 2.35 bits per heavy atom. The Bertz CT molecular complexity index is 358. The lowest BCUT2D eigenvalue weighted by Gasteiger charge is -2.12. The summed E-state index contributed by atoms with van der Waals surface area (Å²) in [6.07, 6.45) is 0.215. The number of hydrogen-bond acceptors (Lipinski definition) is 3. The monoisotopic (exact) mass is 236 g/mol. The Hall–Kier alpha value is -1.39. The van der Waals surface area contributed by atoms with E-state index in [1.165, 1.54) is 0 Å². The number of nitrogens with zero attached hydrogens (tertiary/aromatic N) is 1. The topological polar surface area (TPSA) is 41.6 Å². The van der Waals surface area contributed by atoms with Gasteiger partial charge in [-0.2, -0.15) is 0 Å². The summed E-state index contributed by atoms with van der Waals surface area (Å²) in [7, 11) is 3.56. The lowest BCUT2D eigenvalue weighted by Crippen LogP contribution is -2.36. The predicted octanol–water partition coefficient (Wildman–Crippen LogP) is 1.82. The van der Waals surface area contributed by atoms with Gasteiger partial charge in [0.25, 0.3) is 5.91 Å². The van der Waals surface area contributed by atoms with Gasteiger partial charge in [0.15, 0.2) is 0 Å². The third-order valence-corrected chi connectivity index (χ3v) is 2.12. The molecule has 0 fully saturated rings. The van der Waals surface area contributed by atoms with Gasteiger partial charge in [-0.3, -0.25) is 10.2 Å². The van der Waals surface area contributed by atoms with Crippen LogP contribution in [0.4, 0.5) is 0 Å². The van der Waals surface area contributed by atoms with E-state index in [2.05, 4.69) is 5.43 Å². The summed E-state index contributed by atoms with van der Waals surface area (Å²) in [5.74, 6) is -0.105. The maximum absolute atomic E-state index is 11.6. The number of carbonyl (C=O) groups is 1. The largest absolute Gasteiger partial charge is 0.374 e. The van der Waals surface area contributed by atoms with Gasteiger partial charge in [-0.05, 0) is 31.5 Å². The van der Waals surface area contributed by atoms with Crippen LogP contribution in [0.5, 0.6) is 0 Å². The van der Waals surface area contributed by atoms with Crippen molar-refractivity contribution in [3.8, 4) is 0 Å². The van der Waals surface area contributed by atoms with Gasteiger partial charge in [-0.15, -0.1) is 0 Å². The molecule has 0 bridgehead atoms. The molecule has 1 rings (SSSR count). The molecule has 0 aliphatic carbocycles. The summed E-state index contributed by atoms with van der Waals surface area (Å²) in [6, 6.07) is 7.43. The maximum atomic E-state index is 11.6. The zero-order valence-corrected chi connectivity index (χ0v) is 10.9. The van der Waals surface area contributed by atoms with Gasteiger partial charge in [0.1, 0.15) is 0 Å². The van der Waals surface area contributed by atoms with Crippen molar-refractivity contribution in [1.29, 1.82) is 0 Å². The van der Waals surface area contributed by atoms with Crippen LogP contribution >= 0.6 is 0 Å². The molecule has 0 heterocycles. The minimum absolute atomic E-state index is 0.105. The highest BCUT2D eigenvalue weighted by atomic mass is 16.5. The molecule has 1 N–H and O–H groups in total. The Kier molecular flexibility index (Phi) is 5.12. The first-order chi connectivity index (χ1) is 7.99. The molecule has 0 atom stereocenters. The first-order valence-electron chi connectivity index (χ1n) is 5.68. The Morgan fingerprint density at radius 2 is 1.88 bits per heavy atom. The summed E-state index contributed by atoms with van der Waals surface area (Å²) < 4.78 is 5.48. The normalized spacial score (nSPS) is 10.9. The van der Waals surface area contributed by atoms with Crippen LogP contribution in [-0.2, 0) is 11.3 Å². The van der Waals surface area contributed by atoms with Gasteiger partial charge in [0.2, 0.25) is 0 Å². The predicted molar refractivity (Wildman–Crippen MR) is 67.5 cm³/mol. The number of ether oxygens (including phenoxy) is 1. The van der Waals surface area contributed by atoms with E-state index in [0.29, 0.717) is 12.2 Å². The first-order valence-corrected chi connectivity index (χ1v) is 5.68. The van der Waals surface area contributed by atoms with Crippen molar-refractivity contribution in [3.63, 3.8) is 0 Å². The molecule has 17 heavy (non-hydrogen) atoms. The second-order valence-corrected chi connectivity index (χ2v) is 4.39. The number of carbonyl (C=O) groups excluding carboxylic acids is 1. The molecule has 0 saturated heterocycles. The molecule has 4 heteroatoms. The molecule has 0 aromatic heterocycles. The number of nitrogens with one attached hydrogen (secondary N) is 1. The van der Waals surface area contributed by atoms with Crippen molar-refractivity contribution in [2.24, 2.45) is 0 Å². The van der Waals surface area contributed by atoms with E-state index in [0.717, 1.165) is 5.56 Å². The molecule has 0 radical (unpaired) electrons. The minimum Gasteiger partial charge on any atom is -0.374 e. The van der Waals surface area contributed by atoms with Crippen LogP contribution in [0.2, 0.25) is 0 Å². The molecule has 0 spiro atoms. The summed E-state index contributed by atoms with van der Waals surface area (Å²) in [5, 5.41) is 1.62. The number of hydrogen-bond donors (Lipinski definition) is 1. The second kappa shape index (κ2) is 6.37. The molecule has 0 unspecified atom stereocenters. The van der Waals surface area contributed by atoms with Crippen LogP contribution in [0, 0.1) is 0 Å². The van der Waals surface area contributed by atoms with Crippen LogP contribution < -0.4 is 5.43 Å². The van der Waals surface area contributed by atoms with E-state index in [1.54, 1.807) is 31.2 Å². The minimum atomic E-state index is -0.105. The molecule has 94 valence electrons. The average molecular weight is 236 g/mol. The highest BCUT2D eigenvalue weighted by Gasteiger charge is 2.05. The summed E-state index contributed by atoms with van der Waals surface area (Å²) >= 11 is 0. The van der Waals surface area contributed by atoms with E-state index in [4.69, 9.17) is 4.74 Å². The van der Waals surface area contributed by atoms with Crippen molar-refractivity contribution >= 4 is 5.91 Å². The quantitative estimate of drug-likeness (QED) is 0.793. The van der Waals surface area contributed by atoms with E-state index < -0.39 is 0 Å². The molecule has 0 aliphatic heterocycles. The summed E-state index contributed by atoms with van der Waals surface area (Å²) in [5.41, 5.74) is 4.41. The van der Waals surface area contributed by atoms with Gasteiger partial charge < -0.3 is 4.74 Å². The SMILES string of the molecule is CC(C)OCc1ccc(C(=O)NN(C)C)cc1. The number of amides is 1. The van der Waals surface area contributed by atoms with E-state index >= 15 is 0 Å². The van der Waals surface area contributed by atoms with Crippen LogP contribution in [0.25, 0.3) is 0 Å². The number of hydrazine groups is 1. The molecule has 1 amide bonds. The van der Waals surface area contributed by atoms with Crippen molar-refractivity contribution in [2.75, 3.05) is 14.1 Å². The van der Waals surface area contributed by atoms with Gasteiger partial charge in [0, 0.05) is 19.7 Å². The summed E-state index contributed by atoms with van der Waals surface area (Å²) in [4.78, 5) is 11.6. The number of benzene rings is 1. The average Bonchev–Trinajstić information content (AvgIpc) is 2.26.